The molecule has 1 aliphatic rings. The lowest BCUT2D eigenvalue weighted by Gasteiger charge is -2.22. The van der Waals surface area contributed by atoms with E-state index in [9.17, 15) is 0 Å². The third-order valence-electron chi connectivity index (χ3n) is 3.82. The van der Waals surface area contributed by atoms with Crippen LogP contribution in [0.5, 0.6) is 0 Å². The Kier molecular flexibility index (Phi) is 6.07. The Labute approximate surface area is 129 Å². The third-order valence-corrected chi connectivity index (χ3v) is 3.82. The molecule has 1 aliphatic carbocycles. The topological polar surface area (TPSA) is 28.2 Å². The summed E-state index contributed by atoms with van der Waals surface area (Å²) < 4.78 is 0. The van der Waals surface area contributed by atoms with Crippen molar-refractivity contribution in [2.24, 2.45) is 5.92 Å². The minimum Gasteiger partial charge on any atom is -0.345 e. The van der Waals surface area contributed by atoms with E-state index in [1.807, 2.05) is 0 Å². The summed E-state index contributed by atoms with van der Waals surface area (Å²) in [5.41, 5.74) is 2.46. The van der Waals surface area contributed by atoms with Crippen LogP contribution in [0.15, 0.2) is 12.1 Å². The van der Waals surface area contributed by atoms with Gasteiger partial charge in [0.05, 0.1) is 6.54 Å². The molecule has 114 valence electrons. The van der Waals surface area contributed by atoms with Gasteiger partial charge in [0.2, 0.25) is 0 Å². The van der Waals surface area contributed by atoms with Gasteiger partial charge in [-0.15, -0.1) is 6.42 Å². The molecule has 1 fully saturated rings. The lowest BCUT2D eigenvalue weighted by molar-refractivity contribution is 0.672. The Hall–Kier alpha value is -1.53. The van der Waals surface area contributed by atoms with Crippen LogP contribution < -0.4 is 10.2 Å². The van der Waals surface area contributed by atoms with Gasteiger partial charge in [-0.1, -0.05) is 19.8 Å². The zero-order chi connectivity index (χ0) is 15.1. The van der Waals surface area contributed by atoms with Crippen LogP contribution in [0.2, 0.25) is 0 Å². The maximum atomic E-state index is 5.54. The van der Waals surface area contributed by atoms with Crippen LogP contribution in [0, 0.1) is 18.3 Å². The first-order valence-electron chi connectivity index (χ1n) is 8.15. The van der Waals surface area contributed by atoms with E-state index in [0.29, 0.717) is 6.54 Å². The summed E-state index contributed by atoms with van der Waals surface area (Å²) in [6.07, 6.45) is 10.3. The van der Waals surface area contributed by atoms with E-state index in [2.05, 4.69) is 42.1 Å². The van der Waals surface area contributed by atoms with Crippen LogP contribution in [-0.2, 0) is 13.0 Å². The fourth-order valence-electron chi connectivity index (χ4n) is 2.45. The van der Waals surface area contributed by atoms with Gasteiger partial charge in [-0.05, 0) is 55.8 Å². The van der Waals surface area contributed by atoms with E-state index < -0.39 is 0 Å². The van der Waals surface area contributed by atoms with Gasteiger partial charge >= 0.3 is 0 Å². The van der Waals surface area contributed by atoms with Gasteiger partial charge in [-0.25, -0.2) is 4.98 Å². The number of aromatic nitrogens is 1. The van der Waals surface area contributed by atoms with Gasteiger partial charge in [-0.2, -0.15) is 0 Å². The molecule has 2 rings (SSSR count). The molecule has 1 aromatic rings. The molecule has 0 amide bonds. The van der Waals surface area contributed by atoms with Crippen molar-refractivity contribution in [2.45, 2.75) is 46.1 Å². The number of hydrogen-bond donors (Lipinski definition) is 1. The Morgan fingerprint density at radius 3 is 2.81 bits per heavy atom. The first kappa shape index (κ1) is 15.9. The van der Waals surface area contributed by atoms with Crippen molar-refractivity contribution in [2.75, 3.05) is 24.5 Å². The molecule has 0 aliphatic heterocycles. The molecule has 0 saturated heterocycles. The zero-order valence-electron chi connectivity index (χ0n) is 13.4. The van der Waals surface area contributed by atoms with Crippen LogP contribution in [0.25, 0.3) is 0 Å². The minimum absolute atomic E-state index is 0.651. The van der Waals surface area contributed by atoms with E-state index in [-0.39, 0.29) is 0 Å². The molecule has 1 heterocycles. The molecule has 3 heteroatoms. The second-order valence-corrected chi connectivity index (χ2v) is 5.88. The smallest absolute Gasteiger partial charge is 0.129 e. The summed E-state index contributed by atoms with van der Waals surface area (Å²) in [5, 5.41) is 3.47. The van der Waals surface area contributed by atoms with Crippen LogP contribution in [0.1, 0.15) is 44.4 Å². The van der Waals surface area contributed by atoms with Crippen LogP contribution in [-0.4, -0.2) is 24.6 Å². The average molecular weight is 285 g/mol. The van der Waals surface area contributed by atoms with Crippen molar-refractivity contribution >= 4 is 5.82 Å². The fourth-order valence-corrected chi connectivity index (χ4v) is 2.45. The van der Waals surface area contributed by atoms with Crippen LogP contribution >= 0.6 is 0 Å². The highest BCUT2D eigenvalue weighted by Crippen LogP contribution is 2.31. The van der Waals surface area contributed by atoms with Crippen molar-refractivity contribution in [3.63, 3.8) is 0 Å². The molecular formula is C18H27N3. The second-order valence-electron chi connectivity index (χ2n) is 5.88. The van der Waals surface area contributed by atoms with E-state index in [4.69, 9.17) is 11.4 Å². The van der Waals surface area contributed by atoms with Crippen LogP contribution in [0.4, 0.5) is 5.82 Å². The largest absolute Gasteiger partial charge is 0.345 e. The Balaban J connectivity index is 2.14. The number of nitrogens with one attached hydrogen (secondary N) is 1. The molecule has 3 nitrogen and oxygen atoms in total. The summed E-state index contributed by atoms with van der Waals surface area (Å²) in [6.45, 7) is 8.00. The molecule has 1 saturated carbocycles. The summed E-state index contributed by atoms with van der Waals surface area (Å²) in [7, 11) is 0. The lowest BCUT2D eigenvalue weighted by Crippen LogP contribution is -2.27. The number of rotatable bonds is 9. The summed E-state index contributed by atoms with van der Waals surface area (Å²) in [6, 6.07) is 4.40. The number of hydrogen-bond acceptors (Lipinski definition) is 3. The molecule has 0 unspecified atom stereocenters. The number of terminal acetylenes is 1. The Morgan fingerprint density at radius 1 is 1.38 bits per heavy atom. The van der Waals surface area contributed by atoms with Gasteiger partial charge in [0.25, 0.3) is 0 Å². The Bertz CT molecular complexity index is 486. The minimum atomic E-state index is 0.651. The van der Waals surface area contributed by atoms with E-state index in [1.54, 1.807) is 0 Å². The van der Waals surface area contributed by atoms with Crippen molar-refractivity contribution in [3.05, 3.63) is 23.4 Å². The lowest BCUT2D eigenvalue weighted by atomic mass is 10.1. The van der Waals surface area contributed by atoms with E-state index in [0.717, 1.165) is 49.9 Å². The average Bonchev–Trinajstić information content (AvgIpc) is 3.31. The van der Waals surface area contributed by atoms with Crippen molar-refractivity contribution in [1.29, 1.82) is 0 Å². The predicted molar refractivity (Wildman–Crippen MR) is 89.4 cm³/mol. The van der Waals surface area contributed by atoms with E-state index in [1.165, 1.54) is 18.4 Å². The maximum absolute atomic E-state index is 5.54. The zero-order valence-corrected chi connectivity index (χ0v) is 13.4. The number of pyridine rings is 1. The van der Waals surface area contributed by atoms with Gasteiger partial charge in [-0.3, -0.25) is 0 Å². The normalized spacial score (nSPS) is 14.0. The number of nitrogens with zero attached hydrogens (tertiary/aromatic N) is 2. The standard InChI is InChI=1S/C18H27N3/c1-4-9-19-13-16-11-17(6-3)20-18(12-16)21(10-5-2)14-15-7-8-15/h2,11-12,15,19H,4,6-10,13-14H2,1,3H3. The molecule has 0 spiro atoms. The molecular weight excluding hydrogens is 258 g/mol. The van der Waals surface area contributed by atoms with Crippen molar-refractivity contribution in [1.82, 2.24) is 10.3 Å². The molecule has 0 bridgehead atoms. The third kappa shape index (κ3) is 5.06. The molecule has 1 aromatic heterocycles. The molecule has 0 atom stereocenters. The van der Waals surface area contributed by atoms with Crippen LogP contribution in [0.3, 0.4) is 0 Å². The second kappa shape index (κ2) is 8.05. The first-order chi connectivity index (χ1) is 10.3. The predicted octanol–water partition coefficient (Wildman–Crippen LogP) is 2.99. The highest BCUT2D eigenvalue weighted by Gasteiger charge is 2.24. The molecule has 0 aromatic carbocycles. The van der Waals surface area contributed by atoms with Gasteiger partial charge in [0, 0.05) is 18.8 Å². The monoisotopic (exact) mass is 285 g/mol. The molecule has 21 heavy (non-hydrogen) atoms. The number of aryl methyl sites for hydroxylation is 1. The quantitative estimate of drug-likeness (QED) is 0.558. The molecule has 1 N–H and O–H groups in total. The van der Waals surface area contributed by atoms with Gasteiger partial charge < -0.3 is 10.2 Å². The number of anilines is 1. The van der Waals surface area contributed by atoms with Crippen molar-refractivity contribution < 1.29 is 0 Å². The summed E-state index contributed by atoms with van der Waals surface area (Å²) >= 11 is 0. The first-order valence-corrected chi connectivity index (χ1v) is 8.15. The molecule has 0 radical (unpaired) electrons. The highest BCUT2D eigenvalue weighted by atomic mass is 15.2. The SMILES string of the molecule is C#CCN(CC1CC1)c1cc(CNCCC)cc(CC)n1. The van der Waals surface area contributed by atoms with Gasteiger partial charge in [0.1, 0.15) is 5.82 Å². The summed E-state index contributed by atoms with van der Waals surface area (Å²) in [5.74, 6) is 4.64. The van der Waals surface area contributed by atoms with E-state index >= 15 is 0 Å². The van der Waals surface area contributed by atoms with Crippen molar-refractivity contribution in [3.8, 4) is 12.3 Å². The Morgan fingerprint density at radius 2 is 2.19 bits per heavy atom. The summed E-state index contributed by atoms with van der Waals surface area (Å²) in [4.78, 5) is 7.05. The van der Waals surface area contributed by atoms with Gasteiger partial charge in [0.15, 0.2) is 0 Å². The highest BCUT2D eigenvalue weighted by molar-refractivity contribution is 5.44. The maximum Gasteiger partial charge on any atom is 0.129 e. The fraction of sp³-hybridized carbons (Fsp3) is 0.611.